The standard InChI is InChI=1S/C39H50ClN7O6Si/c1-9-51-34(48)21-39(14-16-45(17-15-39)37(49)53-38(3,4)5)47-24-27(22-42-47)31-23-41-30-12-13-33(35(40)36(30)44-31)52-28-10-11-29-32(20-28)46(26(2)43-29)25-50-18-19-54(6,7)8/h10-13,20,22-24H,9,14-19,21,25H2,1-8H3. The molecule has 1 aliphatic heterocycles. The lowest BCUT2D eigenvalue weighted by molar-refractivity contribution is -0.146. The third-order valence-electron chi connectivity index (χ3n) is 9.46. The smallest absolute Gasteiger partial charge is 0.410 e. The van der Waals surface area contributed by atoms with E-state index in [0.29, 0.717) is 78.1 Å². The van der Waals surface area contributed by atoms with Gasteiger partial charge in [0.15, 0.2) is 0 Å². The second kappa shape index (κ2) is 15.7. The van der Waals surface area contributed by atoms with Crippen LogP contribution >= 0.6 is 11.6 Å². The number of piperidine rings is 1. The first-order valence-corrected chi connectivity index (χ1v) is 22.5. The van der Waals surface area contributed by atoms with Crippen molar-refractivity contribution in [3.05, 3.63) is 59.8 Å². The Morgan fingerprint density at radius 2 is 1.76 bits per heavy atom. The number of hydrogen-bond acceptors (Lipinski definition) is 10. The molecular weight excluding hydrogens is 726 g/mol. The first-order chi connectivity index (χ1) is 25.5. The summed E-state index contributed by atoms with van der Waals surface area (Å²) >= 11 is 6.96. The summed E-state index contributed by atoms with van der Waals surface area (Å²) in [5, 5.41) is 5.03. The number of rotatable bonds is 12. The van der Waals surface area contributed by atoms with Crippen LogP contribution in [0.25, 0.3) is 33.3 Å². The van der Waals surface area contributed by atoms with Crippen molar-refractivity contribution in [2.24, 2.45) is 0 Å². The highest BCUT2D eigenvalue weighted by Crippen LogP contribution is 2.38. The topological polar surface area (TPSA) is 136 Å². The molecule has 1 amide bonds. The molecule has 288 valence electrons. The summed E-state index contributed by atoms with van der Waals surface area (Å²) in [5.74, 6) is 1.57. The molecule has 0 N–H and O–H groups in total. The van der Waals surface area contributed by atoms with Gasteiger partial charge < -0.3 is 28.4 Å². The molecule has 1 aliphatic rings. The molecule has 6 rings (SSSR count). The summed E-state index contributed by atoms with van der Waals surface area (Å²) in [6, 6.07) is 10.4. The van der Waals surface area contributed by atoms with Crippen LogP contribution in [0.2, 0.25) is 30.7 Å². The molecule has 15 heteroatoms. The van der Waals surface area contributed by atoms with Crippen LogP contribution < -0.4 is 4.74 Å². The van der Waals surface area contributed by atoms with Gasteiger partial charge in [-0.05, 0) is 77.8 Å². The molecule has 54 heavy (non-hydrogen) atoms. The summed E-state index contributed by atoms with van der Waals surface area (Å²) < 4.78 is 27.2. The highest BCUT2D eigenvalue weighted by atomic mass is 35.5. The zero-order chi connectivity index (χ0) is 38.8. The maximum absolute atomic E-state index is 12.9. The summed E-state index contributed by atoms with van der Waals surface area (Å²) in [7, 11) is -1.20. The molecule has 0 aliphatic carbocycles. The third kappa shape index (κ3) is 9.04. The first kappa shape index (κ1) is 39.2. The molecule has 2 aromatic carbocycles. The molecule has 0 bridgehead atoms. The van der Waals surface area contributed by atoms with E-state index in [2.05, 4.69) is 24.6 Å². The van der Waals surface area contributed by atoms with Gasteiger partial charge in [-0.15, -0.1) is 0 Å². The number of imidazole rings is 1. The average molecular weight is 776 g/mol. The largest absolute Gasteiger partial charge is 0.466 e. The Kier molecular flexibility index (Phi) is 11.4. The highest BCUT2D eigenvalue weighted by molar-refractivity contribution is 6.76. The summed E-state index contributed by atoms with van der Waals surface area (Å²) in [6.07, 6.45) is 5.94. The van der Waals surface area contributed by atoms with Crippen LogP contribution in [0, 0.1) is 6.92 Å². The Morgan fingerprint density at radius 3 is 2.46 bits per heavy atom. The Morgan fingerprint density at radius 1 is 1.02 bits per heavy atom. The van der Waals surface area contributed by atoms with Crippen molar-refractivity contribution in [2.45, 2.75) is 97.4 Å². The van der Waals surface area contributed by atoms with Crippen LogP contribution in [0.5, 0.6) is 11.5 Å². The van der Waals surface area contributed by atoms with Gasteiger partial charge in [-0.2, -0.15) is 5.10 Å². The van der Waals surface area contributed by atoms with Crippen LogP contribution in [-0.4, -0.2) is 86.2 Å². The van der Waals surface area contributed by atoms with Crippen molar-refractivity contribution in [1.29, 1.82) is 0 Å². The van der Waals surface area contributed by atoms with Crippen molar-refractivity contribution >= 4 is 53.8 Å². The lowest BCUT2D eigenvalue weighted by atomic mass is 9.84. The highest BCUT2D eigenvalue weighted by Gasteiger charge is 2.41. The first-order valence-electron chi connectivity index (χ1n) is 18.4. The van der Waals surface area contributed by atoms with E-state index in [-0.39, 0.29) is 25.1 Å². The molecule has 13 nitrogen and oxygen atoms in total. The molecule has 3 aromatic heterocycles. The normalized spacial score (nSPS) is 14.8. The second-order valence-electron chi connectivity index (χ2n) is 16.0. The Labute approximate surface area is 321 Å². The van der Waals surface area contributed by atoms with Crippen molar-refractivity contribution in [3.8, 4) is 22.8 Å². The van der Waals surface area contributed by atoms with E-state index in [9.17, 15) is 9.59 Å². The molecule has 1 saturated heterocycles. The number of fused-ring (bicyclic) bond motifs is 2. The van der Waals surface area contributed by atoms with Crippen molar-refractivity contribution in [1.82, 2.24) is 34.2 Å². The average Bonchev–Trinajstić information content (AvgIpc) is 3.72. The molecule has 4 heterocycles. The van der Waals surface area contributed by atoms with E-state index in [1.807, 2.05) is 62.7 Å². The van der Waals surface area contributed by atoms with Crippen LogP contribution in [0.4, 0.5) is 4.79 Å². The van der Waals surface area contributed by atoms with Gasteiger partial charge in [0.05, 0.1) is 53.2 Å². The molecule has 0 saturated carbocycles. The number of likely N-dealkylation sites (tertiary alicyclic amines) is 1. The quantitative estimate of drug-likeness (QED) is 0.0689. The van der Waals surface area contributed by atoms with Crippen LogP contribution in [0.3, 0.4) is 0 Å². The van der Waals surface area contributed by atoms with E-state index in [4.69, 9.17) is 45.6 Å². The van der Waals surface area contributed by atoms with E-state index in [0.717, 1.165) is 22.9 Å². The fraction of sp³-hybridized carbons (Fsp3) is 0.487. The predicted molar refractivity (Wildman–Crippen MR) is 211 cm³/mol. The number of nitrogens with zero attached hydrogens (tertiary/aromatic N) is 7. The lowest BCUT2D eigenvalue weighted by Crippen LogP contribution is -2.50. The van der Waals surface area contributed by atoms with Crippen molar-refractivity contribution in [3.63, 3.8) is 0 Å². The van der Waals surface area contributed by atoms with E-state index >= 15 is 0 Å². The Balaban J connectivity index is 1.23. The minimum atomic E-state index is -1.20. The van der Waals surface area contributed by atoms with Crippen LogP contribution in [0.1, 0.15) is 52.8 Å². The number of benzene rings is 2. The van der Waals surface area contributed by atoms with Gasteiger partial charge >= 0.3 is 12.1 Å². The Hall–Kier alpha value is -4.53. The van der Waals surface area contributed by atoms with Crippen molar-refractivity contribution in [2.75, 3.05) is 26.3 Å². The van der Waals surface area contributed by atoms with E-state index < -0.39 is 19.2 Å². The summed E-state index contributed by atoms with van der Waals surface area (Å²) in [4.78, 5) is 41.6. The van der Waals surface area contributed by atoms with Gasteiger partial charge in [0, 0.05) is 45.6 Å². The third-order valence-corrected chi connectivity index (χ3v) is 11.5. The zero-order valence-corrected chi connectivity index (χ0v) is 34.2. The number of carbonyl (C=O) groups is 2. The lowest BCUT2D eigenvalue weighted by Gasteiger charge is -2.41. The molecule has 0 atom stereocenters. The number of carbonyl (C=O) groups excluding carboxylic acids is 2. The van der Waals surface area contributed by atoms with Gasteiger partial charge in [0.1, 0.15) is 40.2 Å². The van der Waals surface area contributed by atoms with Gasteiger partial charge in [0.2, 0.25) is 0 Å². The van der Waals surface area contributed by atoms with Gasteiger partial charge in [-0.3, -0.25) is 14.5 Å². The van der Waals surface area contributed by atoms with Crippen molar-refractivity contribution < 1.29 is 28.5 Å². The number of ether oxygens (including phenoxy) is 4. The summed E-state index contributed by atoms with van der Waals surface area (Å²) in [5.41, 5.74) is 2.79. The maximum Gasteiger partial charge on any atom is 0.410 e. The monoisotopic (exact) mass is 775 g/mol. The SMILES string of the molecule is CCOC(=O)CC1(n2cc(-c3cnc4ccc(Oc5ccc6nc(C)n(COCC[Si](C)(C)C)c6c5)c(Cl)c4n3)cn2)CCN(C(=O)OC(C)(C)C)CC1. The van der Waals surface area contributed by atoms with E-state index in [1.165, 1.54) is 0 Å². The number of aromatic nitrogens is 6. The number of halogens is 1. The van der Waals surface area contributed by atoms with Gasteiger partial charge in [-0.25, -0.2) is 14.8 Å². The van der Waals surface area contributed by atoms with Crippen LogP contribution in [-0.2, 0) is 31.3 Å². The fourth-order valence-electron chi connectivity index (χ4n) is 6.47. The predicted octanol–water partition coefficient (Wildman–Crippen LogP) is 8.59. The molecule has 1 fully saturated rings. The van der Waals surface area contributed by atoms with Crippen LogP contribution in [0.15, 0.2) is 48.9 Å². The number of aryl methyl sites for hydroxylation is 1. The minimum absolute atomic E-state index is 0.109. The van der Waals surface area contributed by atoms with Gasteiger partial charge in [-0.1, -0.05) is 31.2 Å². The number of amides is 1. The molecule has 0 spiro atoms. The Bertz CT molecular complexity index is 2150. The number of esters is 1. The fourth-order valence-corrected chi connectivity index (χ4v) is 7.47. The summed E-state index contributed by atoms with van der Waals surface area (Å²) in [6.45, 7) is 18.5. The minimum Gasteiger partial charge on any atom is -0.466 e. The van der Waals surface area contributed by atoms with E-state index in [1.54, 1.807) is 35.0 Å². The zero-order valence-electron chi connectivity index (χ0n) is 32.4. The molecule has 0 unspecified atom stereocenters. The second-order valence-corrected chi connectivity index (χ2v) is 22.0. The number of hydrogen-bond donors (Lipinski definition) is 0. The molecular formula is C39H50ClN7O6Si. The molecule has 0 radical (unpaired) electrons. The maximum atomic E-state index is 12.9. The molecule has 5 aromatic rings. The van der Waals surface area contributed by atoms with Gasteiger partial charge in [0.25, 0.3) is 0 Å².